The van der Waals surface area contributed by atoms with Crippen LogP contribution in [-0.2, 0) is 0 Å². The highest BCUT2D eigenvalue weighted by Gasteiger charge is 2.24. The molecule has 118 valence electrons. The largest absolute Gasteiger partial charge is 0.494 e. The number of hydrogen-bond donors (Lipinski definition) is 1. The van der Waals surface area contributed by atoms with Crippen LogP contribution in [0.5, 0.6) is 11.5 Å². The monoisotopic (exact) mass is 291 g/mol. The Balaban J connectivity index is 1.82. The molecule has 0 spiro atoms. The maximum Gasteiger partial charge on any atom is 0.119 e. The van der Waals surface area contributed by atoms with E-state index in [9.17, 15) is 0 Å². The lowest BCUT2D eigenvalue weighted by Crippen LogP contribution is -2.40. The Morgan fingerprint density at radius 3 is 2.24 bits per heavy atom. The van der Waals surface area contributed by atoms with Crippen LogP contribution in [0.25, 0.3) is 0 Å². The first-order valence-corrected chi connectivity index (χ1v) is 8.42. The van der Waals surface area contributed by atoms with Gasteiger partial charge in [-0.1, -0.05) is 26.7 Å². The molecule has 1 aliphatic rings. The summed E-state index contributed by atoms with van der Waals surface area (Å²) in [5.74, 6) is 2.63. The first kappa shape index (κ1) is 16.2. The maximum atomic E-state index is 5.97. The van der Waals surface area contributed by atoms with Gasteiger partial charge in [-0.2, -0.15) is 0 Å². The van der Waals surface area contributed by atoms with E-state index >= 15 is 0 Å². The molecular formula is C18H29NO2. The van der Waals surface area contributed by atoms with Crippen LogP contribution in [0.3, 0.4) is 0 Å². The Hall–Kier alpha value is -1.22. The molecule has 0 bridgehead atoms. The van der Waals surface area contributed by atoms with Gasteiger partial charge < -0.3 is 14.8 Å². The molecule has 1 atom stereocenters. The fraction of sp³-hybridized carbons (Fsp3) is 0.667. The first-order valence-electron chi connectivity index (χ1n) is 8.42. The Bertz CT molecular complexity index is 385. The predicted octanol–water partition coefficient (Wildman–Crippen LogP) is 4.02. The highest BCUT2D eigenvalue weighted by molar-refractivity contribution is 5.31. The summed E-state index contributed by atoms with van der Waals surface area (Å²) in [6, 6.07) is 8.46. The van der Waals surface area contributed by atoms with Gasteiger partial charge in [0.05, 0.1) is 6.61 Å². The van der Waals surface area contributed by atoms with Gasteiger partial charge in [-0.25, -0.2) is 0 Å². The van der Waals surface area contributed by atoms with Gasteiger partial charge in [0.25, 0.3) is 0 Å². The lowest BCUT2D eigenvalue weighted by molar-refractivity contribution is 0.219. The van der Waals surface area contributed by atoms with Gasteiger partial charge in [0, 0.05) is 6.04 Å². The highest BCUT2D eigenvalue weighted by Crippen LogP contribution is 2.28. The molecule has 0 saturated heterocycles. The summed E-state index contributed by atoms with van der Waals surface area (Å²) in [6.45, 7) is 6.82. The average Bonchev–Trinajstić information content (AvgIpc) is 3.04. The molecule has 21 heavy (non-hydrogen) atoms. The normalized spacial score (nSPS) is 16.9. The van der Waals surface area contributed by atoms with E-state index in [1.165, 1.54) is 25.7 Å². The smallest absolute Gasteiger partial charge is 0.119 e. The molecule has 1 unspecified atom stereocenters. The van der Waals surface area contributed by atoms with E-state index in [-0.39, 0.29) is 0 Å². The van der Waals surface area contributed by atoms with Crippen LogP contribution in [0.2, 0.25) is 0 Å². The molecule has 1 aliphatic carbocycles. The number of benzene rings is 1. The molecule has 1 aromatic rings. The number of likely N-dealkylation sites (N-methyl/N-ethyl adjacent to an activating group) is 1. The van der Waals surface area contributed by atoms with Crippen molar-refractivity contribution in [3.8, 4) is 11.5 Å². The molecule has 3 heteroatoms. The topological polar surface area (TPSA) is 30.5 Å². The summed E-state index contributed by atoms with van der Waals surface area (Å²) >= 11 is 0. The molecule has 0 aromatic heterocycles. The minimum absolute atomic E-state index is 0.480. The van der Waals surface area contributed by atoms with Crippen molar-refractivity contribution in [2.45, 2.75) is 52.0 Å². The molecule has 3 nitrogen and oxygen atoms in total. The minimum atomic E-state index is 0.480. The van der Waals surface area contributed by atoms with Gasteiger partial charge in [-0.15, -0.1) is 0 Å². The second kappa shape index (κ2) is 8.93. The summed E-state index contributed by atoms with van der Waals surface area (Å²) in [6.07, 6.45) is 6.45. The van der Waals surface area contributed by atoms with E-state index in [0.29, 0.717) is 6.04 Å². The Labute approximate surface area is 129 Å². The standard InChI is InChI=1S/C18H29NO2/c1-3-13-20-16-9-11-17(12-10-16)21-14-18(19-4-2)15-7-5-6-8-15/h9-12,15,18-19H,3-8,13-14H2,1-2H3. The van der Waals surface area contributed by atoms with Crippen molar-refractivity contribution < 1.29 is 9.47 Å². The van der Waals surface area contributed by atoms with Crippen LogP contribution in [0.15, 0.2) is 24.3 Å². The van der Waals surface area contributed by atoms with E-state index in [1.807, 2.05) is 24.3 Å². The average molecular weight is 291 g/mol. The molecule has 2 rings (SSSR count). The zero-order valence-electron chi connectivity index (χ0n) is 13.4. The molecule has 0 radical (unpaired) electrons. The summed E-state index contributed by atoms with van der Waals surface area (Å²) < 4.78 is 11.6. The minimum Gasteiger partial charge on any atom is -0.494 e. The fourth-order valence-corrected chi connectivity index (χ4v) is 3.02. The second-order valence-corrected chi connectivity index (χ2v) is 5.84. The van der Waals surface area contributed by atoms with E-state index in [4.69, 9.17) is 9.47 Å². The van der Waals surface area contributed by atoms with Crippen molar-refractivity contribution in [1.29, 1.82) is 0 Å². The molecule has 1 N–H and O–H groups in total. The van der Waals surface area contributed by atoms with Crippen molar-refractivity contribution >= 4 is 0 Å². The fourth-order valence-electron chi connectivity index (χ4n) is 3.02. The number of rotatable bonds is 9. The van der Waals surface area contributed by atoms with Crippen molar-refractivity contribution in [2.24, 2.45) is 5.92 Å². The third kappa shape index (κ3) is 5.24. The van der Waals surface area contributed by atoms with Crippen molar-refractivity contribution in [3.63, 3.8) is 0 Å². The SMILES string of the molecule is CCCOc1ccc(OCC(NCC)C2CCCC2)cc1. The van der Waals surface area contributed by atoms with Gasteiger partial charge in [0.2, 0.25) is 0 Å². The Morgan fingerprint density at radius 2 is 1.67 bits per heavy atom. The number of hydrogen-bond acceptors (Lipinski definition) is 3. The third-order valence-corrected chi connectivity index (χ3v) is 4.16. The summed E-state index contributed by atoms with van der Waals surface area (Å²) in [5.41, 5.74) is 0. The first-order chi connectivity index (χ1) is 10.3. The van der Waals surface area contributed by atoms with Crippen LogP contribution in [0, 0.1) is 5.92 Å². The van der Waals surface area contributed by atoms with Gasteiger partial charge in [-0.05, 0) is 56.0 Å². The summed E-state index contributed by atoms with van der Waals surface area (Å²) in [5, 5.41) is 3.58. The maximum absolute atomic E-state index is 5.97. The van der Waals surface area contributed by atoms with Crippen LogP contribution in [0.1, 0.15) is 46.0 Å². The quantitative estimate of drug-likeness (QED) is 0.745. The van der Waals surface area contributed by atoms with Gasteiger partial charge in [0.1, 0.15) is 18.1 Å². The van der Waals surface area contributed by atoms with E-state index in [2.05, 4.69) is 19.2 Å². The van der Waals surface area contributed by atoms with E-state index in [0.717, 1.165) is 43.6 Å². The zero-order chi connectivity index (χ0) is 14.9. The molecule has 0 aliphatic heterocycles. The zero-order valence-corrected chi connectivity index (χ0v) is 13.4. The van der Waals surface area contributed by atoms with Crippen LogP contribution < -0.4 is 14.8 Å². The molecule has 1 aromatic carbocycles. The van der Waals surface area contributed by atoms with E-state index < -0.39 is 0 Å². The van der Waals surface area contributed by atoms with Gasteiger partial charge in [0.15, 0.2) is 0 Å². The predicted molar refractivity (Wildman–Crippen MR) is 87.1 cm³/mol. The summed E-state index contributed by atoms with van der Waals surface area (Å²) in [4.78, 5) is 0. The van der Waals surface area contributed by atoms with Crippen molar-refractivity contribution in [2.75, 3.05) is 19.8 Å². The number of ether oxygens (including phenoxy) is 2. The van der Waals surface area contributed by atoms with Gasteiger partial charge >= 0.3 is 0 Å². The van der Waals surface area contributed by atoms with Gasteiger partial charge in [-0.3, -0.25) is 0 Å². The molecule has 0 amide bonds. The summed E-state index contributed by atoms with van der Waals surface area (Å²) in [7, 11) is 0. The molecule has 1 fully saturated rings. The van der Waals surface area contributed by atoms with Crippen molar-refractivity contribution in [1.82, 2.24) is 5.32 Å². The lowest BCUT2D eigenvalue weighted by Gasteiger charge is -2.24. The molecular weight excluding hydrogens is 262 g/mol. The van der Waals surface area contributed by atoms with Crippen molar-refractivity contribution in [3.05, 3.63) is 24.3 Å². The second-order valence-electron chi connectivity index (χ2n) is 5.84. The lowest BCUT2D eigenvalue weighted by atomic mass is 9.99. The molecule has 1 saturated carbocycles. The Morgan fingerprint density at radius 1 is 1.05 bits per heavy atom. The number of nitrogens with one attached hydrogen (secondary N) is 1. The molecule has 0 heterocycles. The third-order valence-electron chi connectivity index (χ3n) is 4.16. The van der Waals surface area contributed by atoms with Crippen LogP contribution in [-0.4, -0.2) is 25.8 Å². The van der Waals surface area contributed by atoms with Crippen LogP contribution >= 0.6 is 0 Å². The van der Waals surface area contributed by atoms with Crippen LogP contribution in [0.4, 0.5) is 0 Å². The highest BCUT2D eigenvalue weighted by atomic mass is 16.5. The Kier molecular flexibility index (Phi) is 6.87. The van der Waals surface area contributed by atoms with E-state index in [1.54, 1.807) is 0 Å².